The topological polar surface area (TPSA) is 168 Å². The standard InChI is InChI=1S/C28H18O10S/c29-25(30)15-1-11-23(21(13-15)27(33)34)37-17-3-7-19(8-4-17)39-20-9-5-18(6-10-20)38-24-12-2-16(26(31)32)14-22(24)28(35)36/h1-14H,(H,29,30)(H,31,32)(H,33,34)(H,35,36). The number of benzene rings is 4. The highest BCUT2D eigenvalue weighted by Crippen LogP contribution is 2.34. The van der Waals surface area contributed by atoms with Gasteiger partial charge in [0.2, 0.25) is 0 Å². The molecule has 4 N–H and O–H groups in total. The van der Waals surface area contributed by atoms with Crippen molar-refractivity contribution < 1.29 is 49.1 Å². The molecule has 0 aliphatic carbocycles. The molecule has 10 nitrogen and oxygen atoms in total. The molecule has 0 heterocycles. The first-order valence-corrected chi connectivity index (χ1v) is 11.9. The molecular weight excluding hydrogens is 528 g/mol. The Morgan fingerprint density at radius 3 is 1.15 bits per heavy atom. The van der Waals surface area contributed by atoms with Gasteiger partial charge >= 0.3 is 23.9 Å². The maximum atomic E-state index is 11.5. The third-order valence-electron chi connectivity index (χ3n) is 5.25. The minimum absolute atomic E-state index is 0.00662. The number of aromatic carboxylic acids is 4. The van der Waals surface area contributed by atoms with Crippen molar-refractivity contribution in [3.05, 3.63) is 107 Å². The average Bonchev–Trinajstić information content (AvgIpc) is 2.90. The molecule has 0 aromatic heterocycles. The van der Waals surface area contributed by atoms with Crippen molar-refractivity contribution in [3.63, 3.8) is 0 Å². The highest BCUT2D eigenvalue weighted by molar-refractivity contribution is 7.99. The van der Waals surface area contributed by atoms with E-state index in [9.17, 15) is 29.4 Å². The van der Waals surface area contributed by atoms with Gasteiger partial charge in [-0.2, -0.15) is 0 Å². The first kappa shape index (κ1) is 26.8. The number of carbonyl (C=O) groups is 4. The SMILES string of the molecule is O=C(O)c1ccc(Oc2ccc(Sc3ccc(Oc4ccc(C(=O)O)cc4C(=O)O)cc3)cc2)c(C(=O)O)c1. The summed E-state index contributed by atoms with van der Waals surface area (Å²) in [4.78, 5) is 47.0. The van der Waals surface area contributed by atoms with Crippen LogP contribution in [-0.4, -0.2) is 44.3 Å². The van der Waals surface area contributed by atoms with Gasteiger partial charge in [-0.1, -0.05) is 11.8 Å². The molecule has 11 heteroatoms. The van der Waals surface area contributed by atoms with E-state index in [-0.39, 0.29) is 33.8 Å². The normalized spacial score (nSPS) is 10.5. The zero-order chi connectivity index (χ0) is 28.1. The Kier molecular flexibility index (Phi) is 7.82. The van der Waals surface area contributed by atoms with E-state index in [2.05, 4.69) is 0 Å². The van der Waals surface area contributed by atoms with Crippen LogP contribution in [0.5, 0.6) is 23.0 Å². The predicted octanol–water partition coefficient (Wildman–Crippen LogP) is 6.22. The van der Waals surface area contributed by atoms with Gasteiger partial charge in [0, 0.05) is 9.79 Å². The molecule has 0 aliphatic heterocycles. The lowest BCUT2D eigenvalue weighted by Crippen LogP contribution is -2.04. The summed E-state index contributed by atoms with van der Waals surface area (Å²) in [5, 5.41) is 37.0. The van der Waals surface area contributed by atoms with Gasteiger partial charge in [-0.05, 0) is 84.9 Å². The Balaban J connectivity index is 1.43. The van der Waals surface area contributed by atoms with E-state index in [1.54, 1.807) is 48.5 Å². The summed E-state index contributed by atoms with van der Waals surface area (Å²) < 4.78 is 11.3. The van der Waals surface area contributed by atoms with E-state index in [0.717, 1.165) is 21.9 Å². The van der Waals surface area contributed by atoms with Crippen molar-refractivity contribution in [1.82, 2.24) is 0 Å². The van der Waals surface area contributed by atoms with E-state index in [1.165, 1.54) is 36.0 Å². The zero-order valence-electron chi connectivity index (χ0n) is 19.7. The average molecular weight is 547 g/mol. The van der Waals surface area contributed by atoms with Crippen LogP contribution in [0.4, 0.5) is 0 Å². The number of hydrogen-bond acceptors (Lipinski definition) is 7. The van der Waals surface area contributed by atoms with Crippen LogP contribution in [0, 0.1) is 0 Å². The van der Waals surface area contributed by atoms with E-state index in [0.29, 0.717) is 11.5 Å². The predicted molar refractivity (Wildman–Crippen MR) is 138 cm³/mol. The second-order valence-electron chi connectivity index (χ2n) is 7.89. The largest absolute Gasteiger partial charge is 0.478 e. The smallest absolute Gasteiger partial charge is 0.339 e. The number of carboxylic acids is 4. The minimum Gasteiger partial charge on any atom is -0.478 e. The summed E-state index contributed by atoms with van der Waals surface area (Å²) in [7, 11) is 0. The highest BCUT2D eigenvalue weighted by atomic mass is 32.2. The lowest BCUT2D eigenvalue weighted by atomic mass is 10.1. The fourth-order valence-corrected chi connectivity index (χ4v) is 4.20. The Hall–Kier alpha value is -5.29. The molecule has 39 heavy (non-hydrogen) atoms. The lowest BCUT2D eigenvalue weighted by Gasteiger charge is -2.11. The van der Waals surface area contributed by atoms with E-state index in [1.807, 2.05) is 0 Å². The third kappa shape index (κ3) is 6.53. The van der Waals surface area contributed by atoms with Crippen LogP contribution in [0.1, 0.15) is 41.4 Å². The van der Waals surface area contributed by atoms with Crippen LogP contribution in [0.3, 0.4) is 0 Å². The maximum Gasteiger partial charge on any atom is 0.339 e. The van der Waals surface area contributed by atoms with E-state index < -0.39 is 23.9 Å². The second kappa shape index (κ2) is 11.4. The fourth-order valence-electron chi connectivity index (χ4n) is 3.38. The minimum atomic E-state index is -1.32. The van der Waals surface area contributed by atoms with Crippen molar-refractivity contribution in [2.45, 2.75) is 9.79 Å². The fraction of sp³-hybridized carbons (Fsp3) is 0. The van der Waals surface area contributed by atoms with Crippen LogP contribution in [0.25, 0.3) is 0 Å². The van der Waals surface area contributed by atoms with Gasteiger partial charge in [0.05, 0.1) is 11.1 Å². The molecular formula is C28H18O10S. The van der Waals surface area contributed by atoms with E-state index in [4.69, 9.17) is 19.7 Å². The maximum absolute atomic E-state index is 11.5. The number of hydrogen-bond donors (Lipinski definition) is 4. The molecule has 196 valence electrons. The first-order valence-electron chi connectivity index (χ1n) is 11.1. The summed E-state index contributed by atoms with van der Waals surface area (Å²) >= 11 is 1.41. The van der Waals surface area contributed by atoms with Crippen LogP contribution < -0.4 is 9.47 Å². The summed E-state index contributed by atoms with van der Waals surface area (Å²) in [6.45, 7) is 0. The molecule has 0 unspecified atom stereocenters. The molecule has 0 atom stereocenters. The lowest BCUT2D eigenvalue weighted by molar-refractivity contribution is 0.0674. The van der Waals surface area contributed by atoms with Crippen molar-refractivity contribution in [1.29, 1.82) is 0 Å². The van der Waals surface area contributed by atoms with Crippen LogP contribution in [-0.2, 0) is 0 Å². The van der Waals surface area contributed by atoms with Crippen LogP contribution in [0.15, 0.2) is 94.7 Å². The van der Waals surface area contributed by atoms with Gasteiger partial charge in [-0.3, -0.25) is 0 Å². The Bertz CT molecular complexity index is 1460. The van der Waals surface area contributed by atoms with Crippen molar-refractivity contribution in [2.24, 2.45) is 0 Å². The highest BCUT2D eigenvalue weighted by Gasteiger charge is 2.17. The van der Waals surface area contributed by atoms with E-state index >= 15 is 0 Å². The Labute approximate surface area is 224 Å². The van der Waals surface area contributed by atoms with Crippen molar-refractivity contribution >= 4 is 35.6 Å². The molecule has 0 spiro atoms. The summed E-state index contributed by atoms with van der Waals surface area (Å²) in [6.07, 6.45) is 0. The summed E-state index contributed by atoms with van der Waals surface area (Å²) in [5.41, 5.74) is -0.879. The second-order valence-corrected chi connectivity index (χ2v) is 9.04. The molecule has 0 fully saturated rings. The van der Waals surface area contributed by atoms with Crippen LogP contribution >= 0.6 is 11.8 Å². The van der Waals surface area contributed by atoms with Gasteiger partial charge in [-0.15, -0.1) is 0 Å². The molecule has 0 radical (unpaired) electrons. The quantitative estimate of drug-likeness (QED) is 0.178. The van der Waals surface area contributed by atoms with Gasteiger partial charge in [0.25, 0.3) is 0 Å². The van der Waals surface area contributed by atoms with Crippen molar-refractivity contribution in [3.8, 4) is 23.0 Å². The number of ether oxygens (including phenoxy) is 2. The number of carboxylic acid groups (broad SMARTS) is 4. The van der Waals surface area contributed by atoms with Crippen LogP contribution in [0.2, 0.25) is 0 Å². The first-order chi connectivity index (χ1) is 18.6. The van der Waals surface area contributed by atoms with Gasteiger partial charge in [-0.25, -0.2) is 19.2 Å². The van der Waals surface area contributed by atoms with Crippen molar-refractivity contribution in [2.75, 3.05) is 0 Å². The molecule has 0 bridgehead atoms. The molecule has 0 saturated carbocycles. The monoisotopic (exact) mass is 546 g/mol. The number of rotatable bonds is 10. The molecule has 4 aromatic rings. The zero-order valence-corrected chi connectivity index (χ0v) is 20.5. The molecule has 4 rings (SSSR count). The Morgan fingerprint density at radius 1 is 0.487 bits per heavy atom. The molecule has 0 aliphatic rings. The van der Waals surface area contributed by atoms with Gasteiger partial charge < -0.3 is 29.9 Å². The summed E-state index contributed by atoms with van der Waals surface area (Å²) in [6, 6.07) is 20.8. The Morgan fingerprint density at radius 2 is 0.846 bits per heavy atom. The van der Waals surface area contributed by atoms with Gasteiger partial charge in [0.1, 0.15) is 34.1 Å². The third-order valence-corrected chi connectivity index (χ3v) is 6.27. The molecule has 0 amide bonds. The van der Waals surface area contributed by atoms with Gasteiger partial charge in [0.15, 0.2) is 0 Å². The summed E-state index contributed by atoms with van der Waals surface area (Å²) in [5.74, 6) is -4.39. The molecule has 4 aromatic carbocycles. The molecule has 0 saturated heterocycles.